The molecule has 4 nitrogen and oxygen atoms in total. The molecule has 0 amide bonds. The Morgan fingerprint density at radius 2 is 2.14 bits per heavy atom. The number of para-hydroxylation sites is 1. The summed E-state index contributed by atoms with van der Waals surface area (Å²) in [6, 6.07) is 11.7. The van der Waals surface area contributed by atoms with Gasteiger partial charge in [-0.1, -0.05) is 18.2 Å². The van der Waals surface area contributed by atoms with Crippen molar-refractivity contribution < 1.29 is 9.53 Å². The van der Waals surface area contributed by atoms with Crippen LogP contribution < -0.4 is 0 Å². The molecule has 1 rings (SSSR count). The second-order valence-corrected chi connectivity index (χ2v) is 2.44. The van der Waals surface area contributed by atoms with Gasteiger partial charge in [0.1, 0.15) is 6.54 Å². The SMILES string of the molecule is COC(=O)CN=C=Nc1ccccc1. The Balaban J connectivity index is 2.52. The summed E-state index contributed by atoms with van der Waals surface area (Å²) in [7, 11) is 1.31. The number of aliphatic imine (C=N–C) groups is 2. The monoisotopic (exact) mass is 190 g/mol. The average Bonchev–Trinajstić information content (AvgIpc) is 2.25. The van der Waals surface area contributed by atoms with Crippen molar-refractivity contribution in [2.24, 2.45) is 9.98 Å². The number of nitrogens with zero attached hydrogens (tertiary/aromatic N) is 2. The van der Waals surface area contributed by atoms with Crippen molar-refractivity contribution >= 4 is 17.7 Å². The lowest BCUT2D eigenvalue weighted by Gasteiger charge is -1.89. The molecular weight excluding hydrogens is 180 g/mol. The predicted octanol–water partition coefficient (Wildman–Crippen LogP) is 1.66. The fourth-order valence-electron chi connectivity index (χ4n) is 0.760. The molecule has 0 saturated heterocycles. The summed E-state index contributed by atoms with van der Waals surface area (Å²) in [5, 5.41) is 0. The van der Waals surface area contributed by atoms with E-state index in [9.17, 15) is 4.79 Å². The molecule has 0 aromatic heterocycles. The zero-order chi connectivity index (χ0) is 10.2. The first kappa shape index (κ1) is 10.2. The maximum Gasteiger partial charge on any atom is 0.328 e. The van der Waals surface area contributed by atoms with E-state index >= 15 is 0 Å². The molecule has 0 heterocycles. The Morgan fingerprint density at radius 3 is 2.79 bits per heavy atom. The van der Waals surface area contributed by atoms with E-state index in [1.807, 2.05) is 30.3 Å². The van der Waals surface area contributed by atoms with Crippen LogP contribution in [0.4, 0.5) is 5.69 Å². The number of rotatable bonds is 3. The second-order valence-electron chi connectivity index (χ2n) is 2.44. The van der Waals surface area contributed by atoms with Crippen molar-refractivity contribution in [1.82, 2.24) is 0 Å². The van der Waals surface area contributed by atoms with E-state index in [1.165, 1.54) is 7.11 Å². The highest BCUT2D eigenvalue weighted by molar-refractivity contribution is 5.72. The number of hydrogen-bond donors (Lipinski definition) is 0. The number of benzene rings is 1. The smallest absolute Gasteiger partial charge is 0.328 e. The van der Waals surface area contributed by atoms with Gasteiger partial charge in [-0.25, -0.2) is 4.99 Å². The van der Waals surface area contributed by atoms with E-state index in [1.54, 1.807) is 0 Å². The minimum Gasteiger partial charge on any atom is -0.468 e. The molecule has 72 valence electrons. The Labute approximate surface area is 82.0 Å². The third kappa shape index (κ3) is 3.65. The van der Waals surface area contributed by atoms with Crippen LogP contribution in [0.3, 0.4) is 0 Å². The average molecular weight is 190 g/mol. The van der Waals surface area contributed by atoms with E-state index in [0.29, 0.717) is 0 Å². The highest BCUT2D eigenvalue weighted by Crippen LogP contribution is 2.07. The second kappa shape index (κ2) is 5.67. The first-order valence-corrected chi connectivity index (χ1v) is 4.07. The van der Waals surface area contributed by atoms with E-state index in [-0.39, 0.29) is 6.54 Å². The minimum atomic E-state index is -0.402. The number of esters is 1. The summed E-state index contributed by atoms with van der Waals surface area (Å²) in [4.78, 5) is 18.2. The summed E-state index contributed by atoms with van der Waals surface area (Å²) in [5.74, 6) is -0.402. The normalized spacial score (nSPS) is 8.64. The summed E-state index contributed by atoms with van der Waals surface area (Å²) in [5.41, 5.74) is 0.751. The van der Waals surface area contributed by atoms with Crippen molar-refractivity contribution in [1.29, 1.82) is 0 Å². The Kier molecular flexibility index (Phi) is 4.11. The standard InChI is InChI=1S/C10H10N2O2/c1-14-10(13)7-11-8-12-9-5-3-2-4-6-9/h2-6H,7H2,1H3. The van der Waals surface area contributed by atoms with Crippen LogP contribution >= 0.6 is 0 Å². The van der Waals surface area contributed by atoms with Crippen LogP contribution in [-0.4, -0.2) is 25.6 Å². The van der Waals surface area contributed by atoms with E-state index in [2.05, 4.69) is 20.7 Å². The van der Waals surface area contributed by atoms with Gasteiger partial charge >= 0.3 is 5.97 Å². The van der Waals surface area contributed by atoms with Crippen LogP contribution in [0.25, 0.3) is 0 Å². The van der Waals surface area contributed by atoms with Gasteiger partial charge in [-0.15, -0.1) is 0 Å². The summed E-state index contributed by atoms with van der Waals surface area (Å²) < 4.78 is 4.39. The molecule has 0 spiro atoms. The van der Waals surface area contributed by atoms with Gasteiger partial charge in [0.25, 0.3) is 0 Å². The molecule has 0 saturated carbocycles. The first-order chi connectivity index (χ1) is 6.83. The van der Waals surface area contributed by atoms with Crippen LogP contribution in [0.15, 0.2) is 40.3 Å². The highest BCUT2D eigenvalue weighted by atomic mass is 16.5. The van der Waals surface area contributed by atoms with E-state index in [0.717, 1.165) is 5.69 Å². The van der Waals surface area contributed by atoms with Gasteiger partial charge in [-0.05, 0) is 12.1 Å². The summed E-state index contributed by atoms with van der Waals surface area (Å²) in [6.45, 7) is -0.0488. The molecule has 0 fully saturated rings. The van der Waals surface area contributed by atoms with Crippen LogP contribution in [0, 0.1) is 0 Å². The maximum absolute atomic E-state index is 10.6. The van der Waals surface area contributed by atoms with Gasteiger partial charge in [0.15, 0.2) is 0 Å². The number of ether oxygens (including phenoxy) is 1. The Bertz CT molecular complexity index is 354. The van der Waals surface area contributed by atoms with Gasteiger partial charge < -0.3 is 4.74 Å². The van der Waals surface area contributed by atoms with Crippen molar-refractivity contribution in [2.75, 3.05) is 13.7 Å². The van der Waals surface area contributed by atoms with Gasteiger partial charge in [-0.2, -0.15) is 4.99 Å². The largest absolute Gasteiger partial charge is 0.468 e. The lowest BCUT2D eigenvalue weighted by Crippen LogP contribution is -2.03. The molecule has 0 aliphatic carbocycles. The zero-order valence-electron chi connectivity index (χ0n) is 7.80. The zero-order valence-corrected chi connectivity index (χ0v) is 7.80. The van der Waals surface area contributed by atoms with Crippen molar-refractivity contribution in [2.45, 2.75) is 0 Å². The molecule has 0 aliphatic heterocycles. The van der Waals surface area contributed by atoms with Gasteiger partial charge in [-0.3, -0.25) is 4.79 Å². The predicted molar refractivity (Wildman–Crippen MR) is 52.8 cm³/mol. The summed E-state index contributed by atoms with van der Waals surface area (Å²) in [6.07, 6.45) is 0. The number of carbonyl (C=O) groups excluding carboxylic acids is 1. The van der Waals surface area contributed by atoms with E-state index in [4.69, 9.17) is 0 Å². The topological polar surface area (TPSA) is 51.0 Å². The van der Waals surface area contributed by atoms with Gasteiger partial charge in [0, 0.05) is 0 Å². The highest BCUT2D eigenvalue weighted by Gasteiger charge is 1.93. The lowest BCUT2D eigenvalue weighted by atomic mass is 10.3. The maximum atomic E-state index is 10.6. The van der Waals surface area contributed by atoms with Crippen molar-refractivity contribution in [3.63, 3.8) is 0 Å². The molecule has 0 radical (unpaired) electrons. The van der Waals surface area contributed by atoms with Crippen molar-refractivity contribution in [3.8, 4) is 0 Å². The van der Waals surface area contributed by atoms with E-state index < -0.39 is 5.97 Å². The number of methoxy groups -OCH3 is 1. The van der Waals surface area contributed by atoms with Gasteiger partial charge in [0.05, 0.1) is 18.8 Å². The summed E-state index contributed by atoms with van der Waals surface area (Å²) >= 11 is 0. The lowest BCUT2D eigenvalue weighted by molar-refractivity contribution is -0.138. The first-order valence-electron chi connectivity index (χ1n) is 4.07. The van der Waals surface area contributed by atoms with Crippen LogP contribution in [0.1, 0.15) is 0 Å². The quantitative estimate of drug-likeness (QED) is 0.537. The number of hydrogen-bond acceptors (Lipinski definition) is 4. The molecule has 0 unspecified atom stereocenters. The molecule has 4 heteroatoms. The molecule has 0 atom stereocenters. The Morgan fingerprint density at radius 1 is 1.43 bits per heavy atom. The van der Waals surface area contributed by atoms with Crippen LogP contribution in [-0.2, 0) is 9.53 Å². The fraction of sp³-hybridized carbons (Fsp3) is 0.200. The Hall–Kier alpha value is -1.93. The third-order valence-corrected chi connectivity index (χ3v) is 1.44. The third-order valence-electron chi connectivity index (χ3n) is 1.44. The molecule has 14 heavy (non-hydrogen) atoms. The van der Waals surface area contributed by atoms with Crippen LogP contribution in [0.5, 0.6) is 0 Å². The molecular formula is C10H10N2O2. The molecule has 1 aromatic rings. The molecule has 1 aromatic carbocycles. The molecule has 0 aliphatic rings. The number of carbonyl (C=O) groups is 1. The fourth-order valence-corrected chi connectivity index (χ4v) is 0.760. The van der Waals surface area contributed by atoms with Gasteiger partial charge in [0.2, 0.25) is 0 Å². The van der Waals surface area contributed by atoms with Crippen molar-refractivity contribution in [3.05, 3.63) is 30.3 Å². The molecule has 0 N–H and O–H groups in total. The minimum absolute atomic E-state index is 0.0488. The van der Waals surface area contributed by atoms with Crippen LogP contribution in [0.2, 0.25) is 0 Å². The molecule has 0 bridgehead atoms.